The number of benzene rings is 2. The van der Waals surface area contributed by atoms with Gasteiger partial charge in [-0.15, -0.1) is 0 Å². The first kappa shape index (κ1) is 40.5. The van der Waals surface area contributed by atoms with Gasteiger partial charge in [-0.2, -0.15) is 10.1 Å². The number of fused-ring (bicyclic) bond motifs is 4. The Morgan fingerprint density at radius 1 is 0.952 bits per heavy atom. The minimum atomic E-state index is -3.13. The molecule has 4 fully saturated rings. The van der Waals surface area contributed by atoms with Crippen molar-refractivity contribution in [3.8, 4) is 5.75 Å². The highest BCUT2D eigenvalue weighted by Gasteiger charge is 2.51. The zero-order valence-corrected chi connectivity index (χ0v) is 35.6. The number of anilines is 5. The Morgan fingerprint density at radius 3 is 2.56 bits per heavy atom. The molecule has 0 bridgehead atoms. The van der Waals surface area contributed by atoms with E-state index in [4.69, 9.17) is 26.4 Å². The molecule has 1 aliphatic carbocycles. The summed E-state index contributed by atoms with van der Waals surface area (Å²) in [5.41, 5.74) is 3.86. The lowest BCUT2D eigenvalue weighted by atomic mass is 9.92. The average Bonchev–Trinajstić information content (AvgIpc) is 4.09. The number of imide groups is 1. The fraction of sp³-hybridized carbons (Fsp3) is 0.500. The number of hydrogen-bond donors (Lipinski definition) is 3. The third kappa shape index (κ3) is 7.56. The summed E-state index contributed by atoms with van der Waals surface area (Å²) < 4.78 is 39.2. The molecule has 3 saturated heterocycles. The molecule has 10 rings (SSSR count). The maximum Gasteiger partial charge on any atom is 0.301 e. The van der Waals surface area contributed by atoms with Gasteiger partial charge in [0.1, 0.15) is 5.02 Å². The van der Waals surface area contributed by atoms with Crippen LogP contribution >= 0.6 is 11.6 Å². The lowest BCUT2D eigenvalue weighted by Crippen LogP contribution is -2.44. The second kappa shape index (κ2) is 16.0. The standard InChI is InChI=1S/C44H50ClF2N11O4/c1-54-32-11-9-27(21-30(32)36-38(42(54)61)62-24-44(46,47)39(51-36)26-7-8-26)49-40-31(45)22-48-43(52-40)58-17-13-25(14-18-58)23-56-15-4-16-57(20-19-56)33-6-3-5-28-35(53-55(2)37(28)33)29-10-12-34(59)50-41(29)60/h3,5-6,9,11,21-22,25-26,29,39,51H,4,7-8,10,12-20,23-24H2,1-2H3,(H,48,49,52)(H,50,59,60). The Balaban J connectivity index is 0.785. The number of para-hydroxylation sites is 1. The van der Waals surface area contributed by atoms with Crippen LogP contribution in [0.1, 0.15) is 56.6 Å². The number of ether oxygens (including phenoxy) is 1. The number of aromatic nitrogens is 5. The van der Waals surface area contributed by atoms with Gasteiger partial charge in [0.2, 0.25) is 23.5 Å². The zero-order valence-electron chi connectivity index (χ0n) is 34.8. The number of aryl methyl sites for hydroxylation is 2. The molecule has 0 spiro atoms. The first-order chi connectivity index (χ1) is 29.9. The van der Waals surface area contributed by atoms with Crippen LogP contribution in [0.2, 0.25) is 5.02 Å². The van der Waals surface area contributed by atoms with Crippen LogP contribution in [-0.2, 0) is 23.7 Å². The van der Waals surface area contributed by atoms with Crippen LogP contribution in [0.4, 0.5) is 37.6 Å². The van der Waals surface area contributed by atoms with Gasteiger partial charge in [-0.3, -0.25) is 24.4 Å². The van der Waals surface area contributed by atoms with Crippen molar-refractivity contribution in [3.05, 3.63) is 63.7 Å². The van der Waals surface area contributed by atoms with Gasteiger partial charge in [-0.1, -0.05) is 23.7 Å². The zero-order chi connectivity index (χ0) is 42.9. The maximum absolute atomic E-state index is 15.2. The summed E-state index contributed by atoms with van der Waals surface area (Å²) in [4.78, 5) is 54.5. The predicted octanol–water partition coefficient (Wildman–Crippen LogP) is 5.78. The molecule has 2 aromatic carbocycles. The molecule has 5 aromatic rings. The van der Waals surface area contributed by atoms with E-state index in [1.165, 1.54) is 4.57 Å². The minimum absolute atomic E-state index is 0.106. The highest BCUT2D eigenvalue weighted by Crippen LogP contribution is 2.46. The predicted molar refractivity (Wildman–Crippen MR) is 234 cm³/mol. The summed E-state index contributed by atoms with van der Waals surface area (Å²) in [7, 11) is 3.54. The van der Waals surface area contributed by atoms with Crippen LogP contribution in [0.3, 0.4) is 0 Å². The number of hydrogen-bond acceptors (Lipinski definition) is 12. The normalized spacial score (nSPS) is 22.5. The molecule has 18 heteroatoms. The second-order valence-electron chi connectivity index (χ2n) is 17.6. The monoisotopic (exact) mass is 869 g/mol. The number of nitrogens with one attached hydrogen (secondary N) is 3. The van der Waals surface area contributed by atoms with E-state index in [-0.39, 0.29) is 29.2 Å². The smallest absolute Gasteiger partial charge is 0.301 e. The molecule has 326 valence electrons. The number of rotatable bonds is 8. The van der Waals surface area contributed by atoms with E-state index in [0.717, 1.165) is 87.4 Å². The summed E-state index contributed by atoms with van der Waals surface area (Å²) in [6, 6.07) is 10.5. The molecule has 2 unspecified atom stereocenters. The number of carbonyl (C=O) groups is 2. The number of carbonyl (C=O) groups excluding carboxylic acids is 2. The Labute approximate surface area is 361 Å². The van der Waals surface area contributed by atoms with Crippen molar-refractivity contribution in [3.63, 3.8) is 0 Å². The number of amides is 2. The van der Waals surface area contributed by atoms with Crippen LogP contribution in [0.15, 0.2) is 47.4 Å². The highest BCUT2D eigenvalue weighted by atomic mass is 35.5. The molecule has 0 radical (unpaired) electrons. The highest BCUT2D eigenvalue weighted by molar-refractivity contribution is 6.33. The van der Waals surface area contributed by atoms with Gasteiger partial charge >= 0.3 is 5.92 Å². The molecule has 15 nitrogen and oxygen atoms in total. The molecule has 7 heterocycles. The van der Waals surface area contributed by atoms with Crippen molar-refractivity contribution in [2.75, 3.05) is 72.9 Å². The first-order valence-electron chi connectivity index (χ1n) is 21.7. The van der Waals surface area contributed by atoms with E-state index in [1.54, 1.807) is 19.3 Å². The number of alkyl halides is 2. The van der Waals surface area contributed by atoms with E-state index in [2.05, 4.69) is 41.7 Å². The van der Waals surface area contributed by atoms with Crippen molar-refractivity contribution < 1.29 is 23.1 Å². The lowest BCUT2D eigenvalue weighted by Gasteiger charge is -2.34. The molecule has 3 N–H and O–H groups in total. The molecule has 4 aliphatic heterocycles. The van der Waals surface area contributed by atoms with Crippen molar-refractivity contribution in [2.45, 2.75) is 62.8 Å². The fourth-order valence-corrected chi connectivity index (χ4v) is 10.0. The third-order valence-electron chi connectivity index (χ3n) is 13.4. The van der Waals surface area contributed by atoms with Crippen molar-refractivity contribution in [2.24, 2.45) is 25.9 Å². The van der Waals surface area contributed by atoms with Gasteiger partial charge in [-0.25, -0.2) is 13.8 Å². The molecule has 5 aliphatic rings. The Morgan fingerprint density at radius 2 is 1.77 bits per heavy atom. The van der Waals surface area contributed by atoms with E-state index in [0.29, 0.717) is 65.0 Å². The second-order valence-corrected chi connectivity index (χ2v) is 18.0. The summed E-state index contributed by atoms with van der Waals surface area (Å²) in [6.07, 6.45) is 6.80. The Kier molecular flexibility index (Phi) is 10.4. The third-order valence-corrected chi connectivity index (χ3v) is 13.7. The number of piperidine rings is 2. The quantitative estimate of drug-likeness (QED) is 0.162. The van der Waals surface area contributed by atoms with Gasteiger partial charge in [0.15, 0.2) is 12.4 Å². The molecular formula is C44H50ClF2N11O4. The number of nitrogens with zero attached hydrogens (tertiary/aromatic N) is 8. The van der Waals surface area contributed by atoms with Crippen LogP contribution < -0.4 is 36.0 Å². The maximum atomic E-state index is 15.2. The van der Waals surface area contributed by atoms with Gasteiger partial charge in [0, 0.05) is 76.2 Å². The molecule has 2 atom stereocenters. The number of halogens is 3. The Hall–Kier alpha value is -5.55. The van der Waals surface area contributed by atoms with Gasteiger partial charge in [0.25, 0.3) is 5.56 Å². The lowest BCUT2D eigenvalue weighted by molar-refractivity contribution is -0.134. The summed E-state index contributed by atoms with van der Waals surface area (Å²) >= 11 is 6.65. The van der Waals surface area contributed by atoms with E-state index in [9.17, 15) is 14.4 Å². The van der Waals surface area contributed by atoms with Crippen molar-refractivity contribution >= 4 is 74.0 Å². The summed E-state index contributed by atoms with van der Waals surface area (Å²) in [5.74, 6) is -2.84. The van der Waals surface area contributed by atoms with E-state index < -0.39 is 30.0 Å². The topological polar surface area (TPSA) is 155 Å². The SMILES string of the molecule is Cn1nc(C2CCC(=O)NC2=O)c2cccc(N3CCCN(CC4CCN(c5ncc(Cl)c(Nc6ccc7c(c6)c6c(c(=O)n7C)OCC(F)(F)C(C7CC7)N6)n5)CC4)CC3)c21. The molecule has 1 saturated carbocycles. The average molecular weight is 870 g/mol. The van der Waals surface area contributed by atoms with E-state index >= 15 is 8.78 Å². The molecule has 2 amide bonds. The van der Waals surface area contributed by atoms with Gasteiger partial charge < -0.3 is 34.6 Å². The van der Waals surface area contributed by atoms with Crippen molar-refractivity contribution in [1.82, 2.24) is 34.5 Å². The molecule has 62 heavy (non-hydrogen) atoms. The first-order valence-corrected chi connectivity index (χ1v) is 22.0. The fourth-order valence-electron chi connectivity index (χ4n) is 9.91. The Bertz CT molecular complexity index is 2640. The summed E-state index contributed by atoms with van der Waals surface area (Å²) in [6.45, 7) is 5.52. The molecule has 3 aromatic heterocycles. The van der Waals surface area contributed by atoms with Crippen LogP contribution in [0, 0.1) is 11.8 Å². The van der Waals surface area contributed by atoms with Crippen molar-refractivity contribution in [1.29, 1.82) is 0 Å². The largest absolute Gasteiger partial charge is 0.480 e. The van der Waals surface area contributed by atoms with Crippen LogP contribution in [0.5, 0.6) is 5.75 Å². The van der Waals surface area contributed by atoms with Crippen LogP contribution in [-0.4, -0.2) is 105 Å². The van der Waals surface area contributed by atoms with Gasteiger partial charge in [0.05, 0.1) is 46.3 Å². The summed E-state index contributed by atoms with van der Waals surface area (Å²) in [5, 5.41) is 15.5. The number of pyridine rings is 1. The van der Waals surface area contributed by atoms with E-state index in [1.807, 2.05) is 36.0 Å². The molecular weight excluding hydrogens is 820 g/mol. The van der Waals surface area contributed by atoms with Crippen LogP contribution in [0.25, 0.3) is 21.8 Å². The minimum Gasteiger partial charge on any atom is -0.480 e. The van der Waals surface area contributed by atoms with Gasteiger partial charge in [-0.05, 0) is 81.2 Å².